The third-order valence-corrected chi connectivity index (χ3v) is 9.43. The summed E-state index contributed by atoms with van der Waals surface area (Å²) in [4.78, 5) is 28.1. The van der Waals surface area contributed by atoms with Crippen molar-refractivity contribution in [3.8, 4) is 0 Å². The van der Waals surface area contributed by atoms with Gasteiger partial charge in [0.2, 0.25) is 29.7 Å². The Morgan fingerprint density at radius 1 is 0.583 bits per heavy atom. The Morgan fingerprint density at radius 3 is 1.58 bits per heavy atom. The molecule has 0 aliphatic rings. The average Bonchev–Trinajstić information content (AvgIpc) is 3.24. The van der Waals surface area contributed by atoms with E-state index in [0.29, 0.717) is 16.9 Å². The third kappa shape index (κ3) is 12.2. The lowest BCUT2D eigenvalue weighted by molar-refractivity contribution is 0.223. The molecule has 0 saturated carbocycles. The Hall–Kier alpha value is -6.65. The van der Waals surface area contributed by atoms with Crippen LogP contribution in [0.15, 0.2) is 108 Å². The van der Waals surface area contributed by atoms with Gasteiger partial charge in [-0.2, -0.15) is 38.3 Å². The lowest BCUT2D eigenvalue weighted by Crippen LogP contribution is -2.31. The topological polar surface area (TPSA) is 276 Å². The summed E-state index contributed by atoms with van der Waals surface area (Å²) in [6.07, 6.45) is 3.23. The van der Waals surface area contributed by atoms with Gasteiger partial charge in [-0.1, -0.05) is 66.7 Å². The molecule has 0 spiro atoms. The van der Waals surface area contributed by atoms with E-state index >= 15 is 0 Å². The standard InChI is InChI=1S/C40H44N12O7S/c53-22-19-41-33(26-56)35-46-36(42-29-7-3-1-4-8-29)48-37(47-35)45-32-18-15-28(34(25-32)60(57,58)59)14-11-27-12-16-31(17-13-27)44-39-49-38(43-30-9-5-2-6-10-30)50-40(51-39)52(20-23-54)21-24-55/h1-18,25,33,41,53-56H,19-24,26H2,(H,57,58,59)(H2,42,45,46,47,48)(H2,43,44,49,50,51). The number of rotatable bonds is 21. The maximum atomic E-state index is 12.6. The number of nitrogens with zero attached hydrogens (tertiary/aromatic N) is 7. The number of aromatic nitrogens is 6. The van der Waals surface area contributed by atoms with E-state index in [1.54, 1.807) is 47.4 Å². The molecule has 0 aliphatic heterocycles. The highest BCUT2D eigenvalue weighted by atomic mass is 32.2. The van der Waals surface area contributed by atoms with E-state index in [0.717, 1.165) is 5.69 Å². The lowest BCUT2D eigenvalue weighted by Gasteiger charge is -2.21. The van der Waals surface area contributed by atoms with Crippen molar-refractivity contribution in [3.05, 3.63) is 120 Å². The van der Waals surface area contributed by atoms with Crippen LogP contribution in [-0.4, -0.2) is 109 Å². The summed E-state index contributed by atoms with van der Waals surface area (Å²) >= 11 is 0. The van der Waals surface area contributed by atoms with Crippen LogP contribution in [0.2, 0.25) is 0 Å². The first-order valence-corrected chi connectivity index (χ1v) is 20.1. The van der Waals surface area contributed by atoms with Crippen LogP contribution in [0.1, 0.15) is 23.0 Å². The van der Waals surface area contributed by atoms with Crippen molar-refractivity contribution in [2.75, 3.05) is 72.2 Å². The van der Waals surface area contributed by atoms with Crippen molar-refractivity contribution in [1.29, 1.82) is 0 Å². The van der Waals surface area contributed by atoms with Crippen molar-refractivity contribution in [2.24, 2.45) is 0 Å². The predicted molar refractivity (Wildman–Crippen MR) is 229 cm³/mol. The highest BCUT2D eigenvalue weighted by molar-refractivity contribution is 7.86. The summed E-state index contributed by atoms with van der Waals surface area (Å²) in [5.41, 5.74) is 3.20. The van der Waals surface area contributed by atoms with Gasteiger partial charge in [0.15, 0.2) is 5.82 Å². The second kappa shape index (κ2) is 20.9. The predicted octanol–water partition coefficient (Wildman–Crippen LogP) is 3.85. The third-order valence-electron chi connectivity index (χ3n) is 8.53. The van der Waals surface area contributed by atoms with Crippen LogP contribution in [0.5, 0.6) is 0 Å². The van der Waals surface area contributed by atoms with E-state index in [9.17, 15) is 33.4 Å². The molecule has 6 aromatic rings. The Balaban J connectivity index is 1.21. The summed E-state index contributed by atoms with van der Waals surface area (Å²) in [6.45, 7) is -0.358. The largest absolute Gasteiger partial charge is 0.395 e. The summed E-state index contributed by atoms with van der Waals surface area (Å²) in [5, 5.41) is 53.9. The number of hydrogen-bond donors (Lipinski definition) is 10. The molecule has 0 radical (unpaired) electrons. The highest BCUT2D eigenvalue weighted by Gasteiger charge is 2.19. The summed E-state index contributed by atoms with van der Waals surface area (Å²) in [7, 11) is -4.71. The zero-order valence-corrected chi connectivity index (χ0v) is 32.9. The molecule has 1 atom stereocenters. The minimum Gasteiger partial charge on any atom is -0.395 e. The van der Waals surface area contributed by atoms with Gasteiger partial charge in [-0.25, -0.2) is 0 Å². The molecule has 10 N–H and O–H groups in total. The number of hydrogen-bond acceptors (Lipinski definition) is 18. The van der Waals surface area contributed by atoms with Crippen molar-refractivity contribution < 1.29 is 33.4 Å². The molecule has 0 fully saturated rings. The van der Waals surface area contributed by atoms with Crippen molar-refractivity contribution in [2.45, 2.75) is 10.9 Å². The first-order chi connectivity index (χ1) is 29.1. The first kappa shape index (κ1) is 42.9. The fraction of sp³-hybridized carbons (Fsp3) is 0.200. The van der Waals surface area contributed by atoms with Crippen LogP contribution in [0, 0.1) is 0 Å². The monoisotopic (exact) mass is 836 g/mol. The van der Waals surface area contributed by atoms with Crippen LogP contribution < -0.4 is 31.5 Å². The van der Waals surface area contributed by atoms with Gasteiger partial charge < -0.3 is 51.9 Å². The number of aliphatic hydroxyl groups is 4. The van der Waals surface area contributed by atoms with E-state index in [1.807, 2.05) is 60.7 Å². The van der Waals surface area contributed by atoms with Gasteiger partial charge in [0.25, 0.3) is 10.1 Å². The molecule has 0 saturated heterocycles. The average molecular weight is 837 g/mol. The Labute approximate surface area is 345 Å². The molecule has 19 nitrogen and oxygen atoms in total. The van der Waals surface area contributed by atoms with E-state index in [-0.39, 0.29) is 97.8 Å². The van der Waals surface area contributed by atoms with Gasteiger partial charge in [-0.3, -0.25) is 4.55 Å². The van der Waals surface area contributed by atoms with Gasteiger partial charge in [0.05, 0.1) is 32.5 Å². The molecule has 6 rings (SSSR count). The molecule has 60 heavy (non-hydrogen) atoms. The number of anilines is 9. The SMILES string of the molecule is O=S(=O)(O)c1cc(Nc2nc(Nc3ccccc3)nc(C(CO)NCCO)n2)ccc1C=Cc1ccc(Nc2nc(Nc3ccccc3)nc(N(CCO)CCO)n2)cc1. The minimum atomic E-state index is -4.71. The van der Waals surface area contributed by atoms with E-state index in [4.69, 9.17) is 0 Å². The van der Waals surface area contributed by atoms with E-state index in [1.165, 1.54) is 12.1 Å². The molecule has 0 bridgehead atoms. The van der Waals surface area contributed by atoms with Gasteiger partial charge >= 0.3 is 0 Å². The second-order valence-corrected chi connectivity index (χ2v) is 14.3. The fourth-order valence-electron chi connectivity index (χ4n) is 5.70. The number of nitrogens with one attached hydrogen (secondary N) is 5. The quantitative estimate of drug-likeness (QED) is 0.0364. The molecule has 20 heteroatoms. The zero-order valence-electron chi connectivity index (χ0n) is 32.1. The molecular formula is C40H44N12O7S. The second-order valence-electron chi connectivity index (χ2n) is 12.9. The van der Waals surface area contributed by atoms with Gasteiger partial charge in [-0.05, 0) is 59.7 Å². The maximum Gasteiger partial charge on any atom is 0.295 e. The van der Waals surface area contributed by atoms with Gasteiger partial charge in [0.1, 0.15) is 4.90 Å². The molecule has 2 heterocycles. The summed E-state index contributed by atoms with van der Waals surface area (Å²) in [6, 6.07) is 29.2. The van der Waals surface area contributed by atoms with Crippen molar-refractivity contribution >= 4 is 74.8 Å². The lowest BCUT2D eigenvalue weighted by atomic mass is 10.1. The molecular weight excluding hydrogens is 793 g/mol. The number of para-hydroxylation sites is 2. The first-order valence-electron chi connectivity index (χ1n) is 18.7. The van der Waals surface area contributed by atoms with Gasteiger partial charge in [0, 0.05) is 42.4 Å². The molecule has 0 aliphatic carbocycles. The van der Waals surface area contributed by atoms with Crippen LogP contribution in [-0.2, 0) is 10.1 Å². The van der Waals surface area contributed by atoms with Crippen LogP contribution in [0.3, 0.4) is 0 Å². The summed E-state index contributed by atoms with van der Waals surface area (Å²) < 4.78 is 35.5. The number of benzene rings is 4. The molecule has 312 valence electrons. The maximum absolute atomic E-state index is 12.6. The Morgan fingerprint density at radius 2 is 1.08 bits per heavy atom. The van der Waals surface area contributed by atoms with Crippen molar-refractivity contribution in [1.82, 2.24) is 35.2 Å². The number of aliphatic hydroxyl groups excluding tert-OH is 4. The van der Waals surface area contributed by atoms with Crippen LogP contribution >= 0.6 is 0 Å². The Kier molecular flexibility index (Phi) is 14.9. The zero-order chi connectivity index (χ0) is 42.3. The van der Waals surface area contributed by atoms with E-state index in [2.05, 4.69) is 56.5 Å². The molecule has 0 amide bonds. The summed E-state index contributed by atoms with van der Waals surface area (Å²) in [5.74, 6) is 1.01. The van der Waals surface area contributed by atoms with Crippen LogP contribution in [0.4, 0.5) is 52.5 Å². The molecule has 4 aromatic carbocycles. The normalized spacial score (nSPS) is 11.9. The van der Waals surface area contributed by atoms with Crippen LogP contribution in [0.25, 0.3) is 12.2 Å². The molecule has 1 unspecified atom stereocenters. The Bertz CT molecular complexity index is 2440. The van der Waals surface area contributed by atoms with E-state index < -0.39 is 16.2 Å². The minimum absolute atomic E-state index is 0.0191. The highest BCUT2D eigenvalue weighted by Crippen LogP contribution is 2.27. The smallest absolute Gasteiger partial charge is 0.295 e. The van der Waals surface area contributed by atoms with Gasteiger partial charge in [-0.15, -0.1) is 0 Å². The molecule has 2 aromatic heterocycles. The fourth-order valence-corrected chi connectivity index (χ4v) is 6.41. The van der Waals surface area contributed by atoms with Crippen molar-refractivity contribution in [3.63, 3.8) is 0 Å².